The number of unbranched alkanes of at least 4 members (excludes halogenated alkanes) is 13. The van der Waals surface area contributed by atoms with E-state index in [0.717, 1.165) is 25.7 Å². The van der Waals surface area contributed by atoms with Gasteiger partial charge in [-0.2, -0.15) is 8.42 Å². The second kappa shape index (κ2) is 19.2. The molecule has 0 heterocycles. The molecule has 0 fully saturated rings. The second-order valence-electron chi connectivity index (χ2n) is 7.60. The van der Waals surface area contributed by atoms with Crippen LogP contribution in [0.25, 0.3) is 0 Å². The molecule has 0 spiro atoms. The number of carboxylic acid groups (broad SMARTS) is 2. The average Bonchev–Trinajstić information content (AvgIpc) is 2.59. The molecule has 2 atom stereocenters. The van der Waals surface area contributed by atoms with E-state index in [1.807, 2.05) is 0 Å². The minimum Gasteiger partial charge on any atom is -1.00 e. The first-order valence-electron chi connectivity index (χ1n) is 10.6. The first kappa shape index (κ1) is 31.7. The predicted molar refractivity (Wildman–Crippen MR) is 110 cm³/mol. The van der Waals surface area contributed by atoms with E-state index in [0.29, 0.717) is 6.42 Å². The van der Waals surface area contributed by atoms with Crippen molar-refractivity contribution in [2.45, 2.75) is 108 Å². The Balaban J connectivity index is -0.00000364. The van der Waals surface area contributed by atoms with Crippen molar-refractivity contribution in [2.75, 3.05) is 0 Å². The van der Waals surface area contributed by atoms with Gasteiger partial charge in [-0.25, -0.2) is 0 Å². The molecule has 0 aromatic heterocycles. The molecule has 3 N–H and O–H groups in total. The van der Waals surface area contributed by atoms with Crippen molar-refractivity contribution in [2.24, 2.45) is 5.92 Å². The summed E-state index contributed by atoms with van der Waals surface area (Å²) in [5, 5.41) is 15.7. The van der Waals surface area contributed by atoms with Crippen molar-refractivity contribution in [1.29, 1.82) is 0 Å². The molecule has 0 bridgehead atoms. The van der Waals surface area contributed by atoms with Crippen LogP contribution in [0, 0.1) is 5.92 Å². The SMILES string of the molecule is CCCCCCCCCCCCCCCCC(C(=O)O)C(C(=O)O)S(=O)(=O)O.[H-].[K+]. The number of hydrogen-bond donors (Lipinski definition) is 3. The van der Waals surface area contributed by atoms with E-state index in [4.69, 9.17) is 14.8 Å². The molecule has 168 valence electrons. The van der Waals surface area contributed by atoms with Gasteiger partial charge in [-0.1, -0.05) is 96.8 Å². The van der Waals surface area contributed by atoms with Gasteiger partial charge in [-0.15, -0.1) is 0 Å². The number of carbonyl (C=O) groups is 2. The summed E-state index contributed by atoms with van der Waals surface area (Å²) in [7, 11) is -4.96. The van der Waals surface area contributed by atoms with Crippen LogP contribution in [0.3, 0.4) is 0 Å². The fourth-order valence-electron chi connectivity index (χ4n) is 3.47. The van der Waals surface area contributed by atoms with E-state index >= 15 is 0 Å². The zero-order chi connectivity index (χ0) is 21.4. The molecule has 0 aromatic rings. The predicted octanol–water partition coefficient (Wildman–Crippen LogP) is 2.02. The average molecular weight is 463 g/mol. The maximum atomic E-state index is 11.2. The van der Waals surface area contributed by atoms with Crippen LogP contribution in [-0.4, -0.2) is 40.4 Å². The zero-order valence-electron chi connectivity index (χ0n) is 19.1. The Morgan fingerprint density at radius 2 is 1.07 bits per heavy atom. The molecular formula is C20H39KO7S. The third-order valence-corrected chi connectivity index (χ3v) is 6.29. The van der Waals surface area contributed by atoms with E-state index < -0.39 is 33.2 Å². The summed E-state index contributed by atoms with van der Waals surface area (Å²) in [6, 6.07) is 0. The monoisotopic (exact) mass is 462 g/mol. The standard InChI is InChI=1S/C20H38O7S.K.H/c1-2-3-4-5-6-7-8-9-10-11-12-13-14-15-16-17(19(21)22)18(20(23)24)28(25,26)27;;/h17-18H,2-16H2,1H3,(H,21,22)(H,23,24)(H,25,26,27);;/q;+1;-1. The Labute approximate surface area is 220 Å². The molecule has 2 unspecified atom stereocenters. The Morgan fingerprint density at radius 1 is 0.724 bits per heavy atom. The molecule has 7 nitrogen and oxygen atoms in total. The van der Waals surface area contributed by atoms with Gasteiger partial charge in [-0.05, 0) is 6.42 Å². The summed E-state index contributed by atoms with van der Waals surface area (Å²) >= 11 is 0. The largest absolute Gasteiger partial charge is 1.00 e. The summed E-state index contributed by atoms with van der Waals surface area (Å²) in [4.78, 5) is 22.3. The summed E-state index contributed by atoms with van der Waals surface area (Å²) in [5.41, 5.74) is 0. The van der Waals surface area contributed by atoms with Crippen molar-refractivity contribution >= 4 is 22.1 Å². The molecule has 0 rings (SSSR count). The van der Waals surface area contributed by atoms with Gasteiger partial charge in [0.2, 0.25) is 0 Å². The summed E-state index contributed by atoms with van der Waals surface area (Å²) in [6.45, 7) is 2.22. The molecule has 0 aromatic carbocycles. The molecule has 0 saturated heterocycles. The van der Waals surface area contributed by atoms with Gasteiger partial charge in [0, 0.05) is 0 Å². The zero-order valence-corrected chi connectivity index (χ0v) is 22.1. The quantitative estimate of drug-likeness (QED) is 0.152. The van der Waals surface area contributed by atoms with Crippen LogP contribution < -0.4 is 51.4 Å². The molecule has 9 heteroatoms. The van der Waals surface area contributed by atoms with Crippen molar-refractivity contribution in [3.63, 3.8) is 0 Å². The topological polar surface area (TPSA) is 129 Å². The Hall–Kier alpha value is 0.486. The van der Waals surface area contributed by atoms with Gasteiger partial charge in [0.05, 0.1) is 5.92 Å². The van der Waals surface area contributed by atoms with Gasteiger partial charge < -0.3 is 11.6 Å². The van der Waals surface area contributed by atoms with Gasteiger partial charge in [0.1, 0.15) is 0 Å². The minimum absolute atomic E-state index is 0. The van der Waals surface area contributed by atoms with Crippen molar-refractivity contribution in [3.8, 4) is 0 Å². The van der Waals surface area contributed by atoms with E-state index in [2.05, 4.69) is 6.92 Å². The van der Waals surface area contributed by atoms with Gasteiger partial charge in [0.15, 0.2) is 5.25 Å². The minimum atomic E-state index is -4.96. The fourth-order valence-corrected chi connectivity index (χ4v) is 4.39. The summed E-state index contributed by atoms with van der Waals surface area (Å²) in [5.74, 6) is -4.98. The molecule has 0 aliphatic carbocycles. The molecule has 0 radical (unpaired) electrons. The van der Waals surface area contributed by atoms with Crippen molar-refractivity contribution in [3.05, 3.63) is 0 Å². The summed E-state index contributed by atoms with van der Waals surface area (Å²) < 4.78 is 31.4. The third kappa shape index (κ3) is 16.8. The van der Waals surface area contributed by atoms with Gasteiger partial charge >= 0.3 is 63.3 Å². The van der Waals surface area contributed by atoms with Crippen LogP contribution >= 0.6 is 0 Å². The number of hydrogen-bond acceptors (Lipinski definition) is 4. The maximum absolute atomic E-state index is 11.2. The van der Waals surface area contributed by atoms with E-state index in [1.165, 1.54) is 57.8 Å². The third-order valence-electron chi connectivity index (χ3n) is 5.12. The van der Waals surface area contributed by atoms with Crippen LogP contribution in [0.5, 0.6) is 0 Å². The number of rotatable bonds is 19. The van der Waals surface area contributed by atoms with E-state index in [9.17, 15) is 18.0 Å². The van der Waals surface area contributed by atoms with Crippen LogP contribution in [0.4, 0.5) is 0 Å². The smallest absolute Gasteiger partial charge is 1.00 e. The first-order valence-corrected chi connectivity index (χ1v) is 12.1. The van der Waals surface area contributed by atoms with Crippen molar-refractivity contribution in [1.82, 2.24) is 0 Å². The van der Waals surface area contributed by atoms with Crippen molar-refractivity contribution < 1.29 is 85.6 Å². The molecule has 0 aliphatic rings. The molecule has 0 saturated carbocycles. The van der Waals surface area contributed by atoms with Gasteiger partial charge in [0.25, 0.3) is 10.1 Å². The first-order chi connectivity index (χ1) is 13.2. The summed E-state index contributed by atoms with van der Waals surface area (Å²) in [6.07, 6.45) is 15.8. The normalized spacial score (nSPS) is 13.4. The molecule has 29 heavy (non-hydrogen) atoms. The van der Waals surface area contributed by atoms with Crippen LogP contribution in [0.1, 0.15) is 105 Å². The Kier molecular flexibility index (Phi) is 21.0. The van der Waals surface area contributed by atoms with Crippen LogP contribution in [-0.2, 0) is 19.7 Å². The van der Waals surface area contributed by atoms with Crippen LogP contribution in [0.2, 0.25) is 0 Å². The van der Waals surface area contributed by atoms with Gasteiger partial charge in [-0.3, -0.25) is 14.1 Å². The Morgan fingerprint density at radius 3 is 1.34 bits per heavy atom. The van der Waals surface area contributed by atoms with Crippen LogP contribution in [0.15, 0.2) is 0 Å². The second-order valence-corrected chi connectivity index (χ2v) is 9.14. The van der Waals surface area contributed by atoms with E-state index in [1.54, 1.807) is 0 Å². The van der Waals surface area contributed by atoms with E-state index in [-0.39, 0.29) is 59.2 Å². The molecule has 0 aliphatic heterocycles. The number of aliphatic carboxylic acids is 2. The molecule has 0 amide bonds. The fraction of sp³-hybridized carbons (Fsp3) is 0.900. The number of carboxylic acids is 2. The Bertz CT molecular complexity index is 543. The molecular weight excluding hydrogens is 423 g/mol. The maximum Gasteiger partial charge on any atom is 1.00 e.